The van der Waals surface area contributed by atoms with Crippen molar-refractivity contribution in [1.82, 2.24) is 10.2 Å². The molecular formula is C32H72N2O2. The summed E-state index contributed by atoms with van der Waals surface area (Å²) in [6, 6.07) is 0. The van der Waals surface area contributed by atoms with Gasteiger partial charge in [0.05, 0.1) is 0 Å². The summed E-state index contributed by atoms with van der Waals surface area (Å²) in [4.78, 5) is 11.9. The maximum atomic E-state index is 9.93. The van der Waals surface area contributed by atoms with Crippen LogP contribution in [0.3, 0.4) is 0 Å². The number of ether oxygens (including phenoxy) is 1. The van der Waals surface area contributed by atoms with E-state index in [1.807, 2.05) is 91.9 Å². The summed E-state index contributed by atoms with van der Waals surface area (Å²) in [7, 11) is 9.25. The highest BCUT2D eigenvalue weighted by Crippen LogP contribution is 1.88. The molecule has 0 atom stereocenters. The van der Waals surface area contributed by atoms with E-state index in [2.05, 4.69) is 62.6 Å². The third kappa shape index (κ3) is 297. The predicted molar refractivity (Wildman–Crippen MR) is 173 cm³/mol. The second-order valence-corrected chi connectivity index (χ2v) is 7.31. The number of hydrogen-bond donors (Lipinski definition) is 1. The van der Waals surface area contributed by atoms with Gasteiger partial charge >= 0.3 is 0 Å². The molecule has 0 aliphatic carbocycles. The Kier molecular flexibility index (Phi) is 129. The van der Waals surface area contributed by atoms with Crippen LogP contribution in [0.5, 0.6) is 0 Å². The first-order valence-electron chi connectivity index (χ1n) is 13.7. The minimum atomic E-state index is 0.0394. The largest absolute Gasteiger partial charge is 0.388 e. The van der Waals surface area contributed by atoms with Crippen molar-refractivity contribution in [3.63, 3.8) is 0 Å². The zero-order chi connectivity index (χ0) is 30.5. The third-order valence-corrected chi connectivity index (χ3v) is 2.70. The fraction of sp³-hybridized carbons (Fsp3) is 0.719. The van der Waals surface area contributed by atoms with E-state index < -0.39 is 0 Å². The van der Waals surface area contributed by atoms with E-state index in [0.29, 0.717) is 0 Å². The highest BCUT2D eigenvalue weighted by atomic mass is 16.4. The lowest BCUT2D eigenvalue weighted by Gasteiger charge is -1.90. The number of carbonyl (C=O) groups is 1. The van der Waals surface area contributed by atoms with E-state index in [4.69, 9.17) is 0 Å². The maximum absolute atomic E-state index is 9.93. The third-order valence-electron chi connectivity index (χ3n) is 2.70. The van der Waals surface area contributed by atoms with E-state index >= 15 is 0 Å². The molecule has 0 aromatic carbocycles. The van der Waals surface area contributed by atoms with Gasteiger partial charge in [-0.15, -0.1) is 6.58 Å². The first kappa shape index (κ1) is 55.0. The predicted octanol–water partition coefficient (Wildman–Crippen LogP) is 9.89. The van der Waals surface area contributed by atoms with E-state index in [9.17, 15) is 4.79 Å². The van der Waals surface area contributed by atoms with Gasteiger partial charge in [0, 0.05) is 27.7 Å². The van der Waals surface area contributed by atoms with Crippen LogP contribution in [0.2, 0.25) is 0 Å². The second kappa shape index (κ2) is 84.3. The Labute approximate surface area is 231 Å². The monoisotopic (exact) mass is 517 g/mol. The number of carbonyl (C=O) groups excluding carboxylic acids is 1. The van der Waals surface area contributed by atoms with E-state index in [0.717, 1.165) is 13.0 Å². The summed E-state index contributed by atoms with van der Waals surface area (Å²) in [6.45, 7) is 26.3. The normalized spacial score (nSPS) is 8.47. The van der Waals surface area contributed by atoms with Crippen LogP contribution in [0.25, 0.3) is 0 Å². The van der Waals surface area contributed by atoms with Crippen molar-refractivity contribution in [2.45, 2.75) is 115 Å². The van der Waals surface area contributed by atoms with Gasteiger partial charge < -0.3 is 15.0 Å². The average molecular weight is 517 g/mol. The molecule has 0 saturated heterocycles. The molecule has 0 aliphatic rings. The smallest absolute Gasteiger partial charge is 0.216 e. The van der Waals surface area contributed by atoms with Crippen LogP contribution in [-0.2, 0) is 9.53 Å². The zero-order valence-electron chi connectivity index (χ0n) is 28.0. The number of amides is 1. The molecule has 0 saturated carbocycles. The van der Waals surface area contributed by atoms with Gasteiger partial charge in [-0.25, -0.2) is 0 Å². The lowest BCUT2D eigenvalue weighted by Crippen LogP contribution is -2.18. The summed E-state index contributed by atoms with van der Waals surface area (Å²) in [5.74, 6) is 0.0394. The first-order chi connectivity index (χ1) is 17.1. The van der Waals surface area contributed by atoms with Gasteiger partial charge in [-0.3, -0.25) is 4.79 Å². The number of nitrogens with zero attached hydrogens (tertiary/aromatic N) is 1. The number of methoxy groups -OCH3 is 1. The van der Waals surface area contributed by atoms with Gasteiger partial charge in [0.25, 0.3) is 0 Å². The Hall–Kier alpha value is -1.65. The minimum absolute atomic E-state index is 0.0394. The van der Waals surface area contributed by atoms with Crippen molar-refractivity contribution in [2.75, 3.05) is 41.9 Å². The number of rotatable bonds is 7. The van der Waals surface area contributed by atoms with Gasteiger partial charge in [0.1, 0.15) is 0 Å². The molecule has 222 valence electrons. The van der Waals surface area contributed by atoms with Crippen molar-refractivity contribution in [1.29, 1.82) is 0 Å². The molecule has 0 radical (unpaired) electrons. The Morgan fingerprint density at radius 3 is 1.22 bits per heavy atom. The molecule has 0 fully saturated rings. The summed E-state index contributed by atoms with van der Waals surface area (Å²) >= 11 is 0. The zero-order valence-corrected chi connectivity index (χ0v) is 28.0. The molecule has 0 unspecified atom stereocenters. The molecule has 0 aliphatic heterocycles. The van der Waals surface area contributed by atoms with Gasteiger partial charge in [0.15, 0.2) is 0 Å². The Bertz CT molecular complexity index is 366. The van der Waals surface area contributed by atoms with Crippen molar-refractivity contribution in [3.05, 3.63) is 49.1 Å². The van der Waals surface area contributed by atoms with Gasteiger partial charge in [-0.05, 0) is 68.6 Å². The fourth-order valence-corrected chi connectivity index (χ4v) is 1.17. The lowest BCUT2D eigenvalue weighted by atomic mass is 10.3. The molecule has 1 amide bonds. The summed E-state index contributed by atoms with van der Waals surface area (Å²) in [6.07, 6.45) is 21.8. The molecular weight excluding hydrogens is 444 g/mol. The van der Waals surface area contributed by atoms with Crippen LogP contribution in [0.4, 0.5) is 0 Å². The fourth-order valence-electron chi connectivity index (χ4n) is 1.17. The molecule has 0 aromatic heterocycles. The van der Waals surface area contributed by atoms with Crippen molar-refractivity contribution < 1.29 is 9.53 Å². The number of allylic oxidation sites excluding steroid dienone is 7. The molecule has 0 bridgehead atoms. The highest BCUT2D eigenvalue weighted by molar-refractivity contribution is 5.72. The molecule has 0 rings (SSSR count). The van der Waals surface area contributed by atoms with Crippen LogP contribution in [0.15, 0.2) is 49.1 Å². The van der Waals surface area contributed by atoms with E-state index in [1.165, 1.54) is 39.0 Å². The summed E-state index contributed by atoms with van der Waals surface area (Å²) in [5, 5.41) is 2.57. The van der Waals surface area contributed by atoms with Gasteiger partial charge in [-0.1, -0.05) is 103 Å². The van der Waals surface area contributed by atoms with Crippen LogP contribution >= 0.6 is 0 Å². The molecule has 0 aromatic rings. The van der Waals surface area contributed by atoms with Gasteiger partial charge in [0.2, 0.25) is 5.91 Å². The summed E-state index contributed by atoms with van der Waals surface area (Å²) < 4.78 is 4.25. The average Bonchev–Trinajstić information content (AvgIpc) is 2.84. The molecule has 4 nitrogen and oxygen atoms in total. The number of nitrogens with one attached hydrogen (secondary N) is 1. The van der Waals surface area contributed by atoms with Crippen molar-refractivity contribution >= 4 is 5.91 Å². The Morgan fingerprint density at radius 2 is 1.17 bits per heavy atom. The number of unbranched alkanes of at least 4 members (excludes halogenated alkanes) is 3. The minimum Gasteiger partial charge on any atom is -0.388 e. The molecule has 36 heavy (non-hydrogen) atoms. The topological polar surface area (TPSA) is 41.6 Å². The quantitative estimate of drug-likeness (QED) is 0.342. The first-order valence-corrected chi connectivity index (χ1v) is 13.7. The van der Waals surface area contributed by atoms with E-state index in [-0.39, 0.29) is 5.91 Å². The van der Waals surface area contributed by atoms with Crippen LogP contribution in [-0.4, -0.2) is 52.7 Å². The maximum Gasteiger partial charge on any atom is 0.216 e. The van der Waals surface area contributed by atoms with Crippen LogP contribution < -0.4 is 5.32 Å². The van der Waals surface area contributed by atoms with Crippen LogP contribution in [0.1, 0.15) is 115 Å². The summed E-state index contributed by atoms with van der Waals surface area (Å²) in [5.41, 5.74) is 0. The SMILES string of the molecule is C/C=C\C.C/C=C\CCC.C=CC/C=C\C.CC.CCCCC.CCNC(C)=O.CN(C)C.COC. The van der Waals surface area contributed by atoms with Crippen molar-refractivity contribution in [3.8, 4) is 0 Å². The van der Waals surface area contributed by atoms with Gasteiger partial charge in [-0.2, -0.15) is 0 Å². The molecule has 0 spiro atoms. The highest BCUT2D eigenvalue weighted by Gasteiger charge is 1.79. The second-order valence-electron chi connectivity index (χ2n) is 7.31. The molecule has 0 heterocycles. The molecule has 4 heteroatoms. The van der Waals surface area contributed by atoms with Crippen molar-refractivity contribution in [2.24, 2.45) is 0 Å². The molecule has 1 N–H and O–H groups in total. The Balaban J connectivity index is -0.0000000423. The van der Waals surface area contributed by atoms with E-state index in [1.54, 1.807) is 14.2 Å². The lowest BCUT2D eigenvalue weighted by molar-refractivity contribution is -0.118. The van der Waals surface area contributed by atoms with Crippen LogP contribution in [0, 0.1) is 0 Å². The number of hydrogen-bond acceptors (Lipinski definition) is 3. The Morgan fingerprint density at radius 1 is 0.806 bits per heavy atom. The standard InChI is InChI=1S/C6H12.C6H10.C5H12.C4H9NO.C4H8.C3H9N.C2H6O.C2H6/c2*1-3-5-6-4-2;1-3-5-4-2;1-3-5-4(2)6;1-3-4-2;1-4(2)3;1-3-2;1-2/h3,5H,4,6H2,1-2H3;3-4,6H,1,5H2,2H3;3-5H2,1-2H3;3H2,1-2H3,(H,5,6);3-4H,1-2H3;1-3H3;1-2H3;1-2H3/b5-3-;6-4-;;;4-3-;;;.